The Hall–Kier alpha value is -3.00. The lowest BCUT2D eigenvalue weighted by atomic mass is 9.99. The number of aryl methyl sites for hydroxylation is 2. The van der Waals surface area contributed by atoms with Crippen molar-refractivity contribution >= 4 is 27.9 Å². The van der Waals surface area contributed by atoms with Crippen molar-refractivity contribution in [1.29, 1.82) is 0 Å². The number of aromatic nitrogens is 2. The fraction of sp³-hybridized carbons (Fsp3) is 0.0909. The molecule has 0 N–H and O–H groups in total. The number of hydrogen-bond acceptors (Lipinski definition) is 2. The maximum absolute atomic E-state index is 4.57. The van der Waals surface area contributed by atoms with E-state index in [9.17, 15) is 0 Å². The molecule has 0 bridgehead atoms. The smallest absolute Gasteiger partial charge is 0.0967 e. The van der Waals surface area contributed by atoms with Gasteiger partial charge in [0.2, 0.25) is 0 Å². The maximum atomic E-state index is 4.57. The van der Waals surface area contributed by atoms with Gasteiger partial charge in [0.15, 0.2) is 0 Å². The van der Waals surface area contributed by atoms with E-state index < -0.39 is 0 Å². The normalized spacial score (nSPS) is 11.0. The van der Waals surface area contributed by atoms with Crippen LogP contribution in [0, 0.1) is 0 Å². The van der Waals surface area contributed by atoms with Gasteiger partial charge in [-0.3, -0.25) is 9.97 Å². The molecule has 2 heterocycles. The summed E-state index contributed by atoms with van der Waals surface area (Å²) >= 11 is 0. The summed E-state index contributed by atoms with van der Waals surface area (Å²) in [5, 5.41) is 2.33. The molecular weight excluding hydrogens is 292 g/mol. The second-order valence-electron chi connectivity index (χ2n) is 5.95. The summed E-state index contributed by atoms with van der Waals surface area (Å²) in [6, 6.07) is 19.1. The van der Waals surface area contributed by atoms with E-state index in [0.29, 0.717) is 0 Å². The van der Waals surface area contributed by atoms with Gasteiger partial charge in [0.1, 0.15) is 0 Å². The Balaban J connectivity index is 1.68. The predicted molar refractivity (Wildman–Crippen MR) is 101 cm³/mol. The van der Waals surface area contributed by atoms with Crippen molar-refractivity contribution < 1.29 is 0 Å². The largest absolute Gasteiger partial charge is 0.254 e. The lowest BCUT2D eigenvalue weighted by Gasteiger charge is -2.08. The first kappa shape index (κ1) is 14.6. The summed E-state index contributed by atoms with van der Waals surface area (Å²) in [6.45, 7) is 3.80. The van der Waals surface area contributed by atoms with E-state index in [1.807, 2.05) is 24.5 Å². The molecule has 0 aliphatic rings. The van der Waals surface area contributed by atoms with Gasteiger partial charge in [-0.1, -0.05) is 55.1 Å². The lowest BCUT2D eigenvalue weighted by molar-refractivity contribution is 0.966. The Kier molecular flexibility index (Phi) is 3.80. The van der Waals surface area contributed by atoms with Gasteiger partial charge in [0.25, 0.3) is 0 Å². The topological polar surface area (TPSA) is 25.8 Å². The van der Waals surface area contributed by atoms with Gasteiger partial charge in [0.05, 0.1) is 11.0 Å². The number of hydrogen-bond donors (Lipinski definition) is 0. The molecule has 0 aliphatic carbocycles. The quantitative estimate of drug-likeness (QED) is 0.483. The van der Waals surface area contributed by atoms with Crippen LogP contribution in [-0.4, -0.2) is 9.97 Å². The van der Waals surface area contributed by atoms with Crippen LogP contribution in [0.4, 0.5) is 0 Å². The highest BCUT2D eigenvalue weighted by atomic mass is 14.7. The minimum atomic E-state index is 0.979. The van der Waals surface area contributed by atoms with Crippen LogP contribution in [0.25, 0.3) is 27.9 Å². The Labute approximate surface area is 141 Å². The Morgan fingerprint density at radius 1 is 0.792 bits per heavy atom. The van der Waals surface area contributed by atoms with Crippen LogP contribution in [0.5, 0.6) is 0 Å². The van der Waals surface area contributed by atoms with Crippen molar-refractivity contribution in [1.82, 2.24) is 9.97 Å². The van der Waals surface area contributed by atoms with Crippen molar-refractivity contribution in [2.75, 3.05) is 0 Å². The van der Waals surface area contributed by atoms with Crippen molar-refractivity contribution in [3.05, 3.63) is 90.3 Å². The maximum Gasteiger partial charge on any atom is 0.0967 e. The highest BCUT2D eigenvalue weighted by molar-refractivity contribution is 6.03. The van der Waals surface area contributed by atoms with Gasteiger partial charge in [-0.25, -0.2) is 0 Å². The van der Waals surface area contributed by atoms with Crippen molar-refractivity contribution in [2.24, 2.45) is 0 Å². The zero-order chi connectivity index (χ0) is 16.4. The number of fused-ring (bicyclic) bond motifs is 3. The first-order chi connectivity index (χ1) is 11.8. The monoisotopic (exact) mass is 310 g/mol. The van der Waals surface area contributed by atoms with Crippen LogP contribution in [-0.2, 0) is 12.8 Å². The van der Waals surface area contributed by atoms with Crippen molar-refractivity contribution in [3.8, 4) is 0 Å². The van der Waals surface area contributed by atoms with Gasteiger partial charge in [-0.05, 0) is 41.7 Å². The molecule has 0 fully saturated rings. The number of pyridine rings is 2. The number of benzene rings is 2. The first-order valence-electron chi connectivity index (χ1n) is 8.18. The molecule has 4 aromatic rings. The first-order valence-corrected chi connectivity index (χ1v) is 8.18. The molecule has 0 radical (unpaired) electrons. The van der Waals surface area contributed by atoms with E-state index in [2.05, 4.69) is 65.1 Å². The van der Waals surface area contributed by atoms with Gasteiger partial charge in [0, 0.05) is 23.2 Å². The molecule has 0 saturated carbocycles. The molecule has 2 aromatic carbocycles. The lowest BCUT2D eigenvalue weighted by Crippen LogP contribution is -1.95. The third-order valence-electron chi connectivity index (χ3n) is 4.47. The number of rotatable bonds is 4. The molecule has 116 valence electrons. The molecule has 2 nitrogen and oxygen atoms in total. The second kappa shape index (κ2) is 6.25. The van der Waals surface area contributed by atoms with Crippen LogP contribution in [0.3, 0.4) is 0 Å². The van der Waals surface area contributed by atoms with Gasteiger partial charge in [-0.15, -0.1) is 0 Å². The number of nitrogens with zero attached hydrogens (tertiary/aromatic N) is 2. The standard InChI is InChI=1S/C22H18N2/c1-2-16-5-7-17(8-6-16)9-10-18-13-15-24-22-20(18)12-11-19-4-3-14-23-21(19)22/h2-8,11-15H,1,9-10H2. The van der Waals surface area contributed by atoms with Gasteiger partial charge >= 0.3 is 0 Å². The van der Waals surface area contributed by atoms with E-state index in [-0.39, 0.29) is 0 Å². The molecule has 0 saturated heterocycles. The molecule has 0 spiro atoms. The second-order valence-corrected chi connectivity index (χ2v) is 5.95. The fourth-order valence-corrected chi connectivity index (χ4v) is 3.13. The van der Waals surface area contributed by atoms with Crippen LogP contribution in [0.2, 0.25) is 0 Å². The highest BCUT2D eigenvalue weighted by Gasteiger charge is 2.07. The minimum Gasteiger partial charge on any atom is -0.254 e. The molecule has 0 aliphatic heterocycles. The summed E-state index contributed by atoms with van der Waals surface area (Å²) < 4.78 is 0. The van der Waals surface area contributed by atoms with E-state index in [4.69, 9.17) is 0 Å². The molecule has 2 aromatic heterocycles. The Bertz CT molecular complexity index is 1020. The highest BCUT2D eigenvalue weighted by Crippen LogP contribution is 2.25. The van der Waals surface area contributed by atoms with Gasteiger partial charge < -0.3 is 0 Å². The Morgan fingerprint density at radius 3 is 2.46 bits per heavy atom. The SMILES string of the molecule is C=Cc1ccc(CCc2ccnc3c2ccc2cccnc23)cc1. The molecule has 24 heavy (non-hydrogen) atoms. The third kappa shape index (κ3) is 2.67. The summed E-state index contributed by atoms with van der Waals surface area (Å²) in [5.41, 5.74) is 5.79. The van der Waals surface area contributed by atoms with E-state index in [0.717, 1.165) is 34.8 Å². The fourth-order valence-electron chi connectivity index (χ4n) is 3.13. The van der Waals surface area contributed by atoms with Crippen LogP contribution >= 0.6 is 0 Å². The molecule has 2 heteroatoms. The third-order valence-corrected chi connectivity index (χ3v) is 4.47. The zero-order valence-corrected chi connectivity index (χ0v) is 13.4. The van der Waals surface area contributed by atoms with Crippen LogP contribution in [0.15, 0.2) is 73.6 Å². The molecule has 0 amide bonds. The summed E-state index contributed by atoms with van der Waals surface area (Å²) in [7, 11) is 0. The van der Waals surface area contributed by atoms with Crippen LogP contribution < -0.4 is 0 Å². The van der Waals surface area contributed by atoms with E-state index in [1.54, 1.807) is 0 Å². The van der Waals surface area contributed by atoms with E-state index in [1.165, 1.54) is 16.5 Å². The average molecular weight is 310 g/mol. The molecule has 0 unspecified atom stereocenters. The van der Waals surface area contributed by atoms with Crippen molar-refractivity contribution in [3.63, 3.8) is 0 Å². The summed E-state index contributed by atoms with van der Waals surface area (Å²) in [5.74, 6) is 0. The average Bonchev–Trinajstić information content (AvgIpc) is 2.66. The van der Waals surface area contributed by atoms with E-state index >= 15 is 0 Å². The Morgan fingerprint density at radius 2 is 1.62 bits per heavy atom. The molecular formula is C22H18N2. The molecule has 0 atom stereocenters. The molecule has 4 rings (SSSR count). The summed E-state index contributed by atoms with van der Waals surface area (Å²) in [4.78, 5) is 9.09. The minimum absolute atomic E-state index is 0.979. The predicted octanol–water partition coefficient (Wildman–Crippen LogP) is 5.21. The van der Waals surface area contributed by atoms with Gasteiger partial charge in [-0.2, -0.15) is 0 Å². The summed E-state index contributed by atoms with van der Waals surface area (Å²) in [6.07, 6.45) is 7.60. The zero-order valence-electron chi connectivity index (χ0n) is 13.4. The van der Waals surface area contributed by atoms with Crippen molar-refractivity contribution in [2.45, 2.75) is 12.8 Å². The van der Waals surface area contributed by atoms with Crippen LogP contribution in [0.1, 0.15) is 16.7 Å².